The van der Waals surface area contributed by atoms with E-state index in [1.54, 1.807) is 0 Å². The molecule has 2 nitrogen and oxygen atoms in total. The van der Waals surface area contributed by atoms with Gasteiger partial charge in [0.05, 0.1) is 0 Å². The molecule has 0 aliphatic rings. The standard InChI is InChI=1S/C9H19IO2S/c1-8(6-12-9(2)11)7-13(3,4,5)10/h13H,1,6-7H2,2-5H3. The molecule has 0 spiro atoms. The molecule has 0 rings (SSSR count). The van der Waals surface area contributed by atoms with E-state index in [0.717, 1.165) is 11.3 Å². The molecule has 0 aliphatic carbocycles. The van der Waals surface area contributed by atoms with Gasteiger partial charge in [-0.2, -0.15) is 0 Å². The fraction of sp³-hybridized carbons (Fsp3) is 0.667. The molecule has 0 amide bonds. The maximum Gasteiger partial charge on any atom is 0.302 e. The lowest BCUT2D eigenvalue weighted by atomic mass is 10.4. The predicted octanol–water partition coefficient (Wildman–Crippen LogP) is 2.42. The first-order valence-corrected chi connectivity index (χ1v) is 10.6. The molecule has 0 N–H and O–H groups in total. The van der Waals surface area contributed by atoms with E-state index in [9.17, 15) is 4.79 Å². The highest BCUT2D eigenvalue weighted by Gasteiger charge is 2.21. The average Bonchev–Trinajstić information content (AvgIpc) is 1.77. The quantitative estimate of drug-likeness (QED) is 0.373. The summed E-state index contributed by atoms with van der Waals surface area (Å²) in [4.78, 5) is 10.5. The minimum absolute atomic E-state index is 0.238. The van der Waals surface area contributed by atoms with Crippen molar-refractivity contribution < 1.29 is 9.53 Å². The van der Waals surface area contributed by atoms with Crippen LogP contribution in [-0.4, -0.2) is 37.1 Å². The van der Waals surface area contributed by atoms with Gasteiger partial charge in [0.25, 0.3) is 0 Å². The van der Waals surface area contributed by atoms with Gasteiger partial charge in [0.15, 0.2) is 0 Å². The average molecular weight is 318 g/mol. The van der Waals surface area contributed by atoms with Gasteiger partial charge in [-0.05, 0) is 51.3 Å². The molecule has 0 fully saturated rings. The number of hydrogen-bond donors (Lipinski definition) is 1. The van der Waals surface area contributed by atoms with Crippen LogP contribution in [0.4, 0.5) is 0 Å². The van der Waals surface area contributed by atoms with Crippen LogP contribution >= 0.6 is 27.5 Å². The second-order valence-electron chi connectivity index (χ2n) is 4.61. The lowest BCUT2D eigenvalue weighted by molar-refractivity contribution is -0.139. The van der Waals surface area contributed by atoms with E-state index in [1.165, 1.54) is 6.92 Å². The number of hydrogen-bond acceptors (Lipinski definition) is 2. The van der Waals surface area contributed by atoms with E-state index in [1.807, 2.05) is 0 Å². The van der Waals surface area contributed by atoms with Gasteiger partial charge in [0, 0.05) is 6.92 Å². The molecule has 0 aromatic carbocycles. The maximum absolute atomic E-state index is 10.5. The summed E-state index contributed by atoms with van der Waals surface area (Å²) in [7, 11) is 0. The summed E-state index contributed by atoms with van der Waals surface area (Å²) >= 11 is 2.51. The molecule has 0 aromatic rings. The van der Waals surface area contributed by atoms with Crippen molar-refractivity contribution in [2.75, 3.05) is 31.1 Å². The van der Waals surface area contributed by atoms with E-state index in [0.29, 0.717) is 6.61 Å². The number of carbonyl (C=O) groups excluding carboxylic acids is 1. The highest BCUT2D eigenvalue weighted by Crippen LogP contribution is 2.68. The fourth-order valence-electron chi connectivity index (χ4n) is 1.00. The van der Waals surface area contributed by atoms with Crippen molar-refractivity contribution in [2.45, 2.75) is 6.92 Å². The Hall–Kier alpha value is 0.290. The third-order valence-corrected chi connectivity index (χ3v) is 3.78. The minimum atomic E-state index is -1.57. The van der Waals surface area contributed by atoms with Gasteiger partial charge in [-0.1, -0.05) is 6.58 Å². The Balaban J connectivity index is 3.97. The van der Waals surface area contributed by atoms with Crippen molar-refractivity contribution in [3.05, 3.63) is 12.2 Å². The van der Waals surface area contributed by atoms with Gasteiger partial charge in [0.2, 0.25) is 0 Å². The number of ether oxygens (including phenoxy) is 1. The summed E-state index contributed by atoms with van der Waals surface area (Å²) in [5, 5.41) is 0. The zero-order valence-corrected chi connectivity index (χ0v) is 11.8. The van der Waals surface area contributed by atoms with Crippen LogP contribution in [0.25, 0.3) is 0 Å². The van der Waals surface area contributed by atoms with Gasteiger partial charge in [-0.25, -0.2) is 6.33 Å². The minimum Gasteiger partial charge on any atom is -0.461 e. The van der Waals surface area contributed by atoms with E-state index in [4.69, 9.17) is 4.74 Å². The summed E-state index contributed by atoms with van der Waals surface area (Å²) in [5.41, 5.74) is 1.01. The number of rotatable bonds is 4. The molecule has 0 bridgehead atoms. The zero-order valence-electron chi connectivity index (χ0n) is 8.76. The van der Waals surface area contributed by atoms with E-state index in [2.05, 4.69) is 46.6 Å². The Labute approximate surface area is 93.0 Å². The van der Waals surface area contributed by atoms with Crippen molar-refractivity contribution >= 4 is 33.5 Å². The van der Waals surface area contributed by atoms with Crippen molar-refractivity contribution in [1.82, 2.24) is 0 Å². The maximum atomic E-state index is 10.5. The third-order valence-electron chi connectivity index (χ3n) is 1.24. The SMILES string of the molecule is C=C(COC(C)=O)C[SH](C)(C)(C)I. The fourth-order valence-corrected chi connectivity index (χ4v) is 4.05. The summed E-state index contributed by atoms with van der Waals surface area (Å²) in [6, 6.07) is 0. The summed E-state index contributed by atoms with van der Waals surface area (Å²) < 4.78 is 4.87. The molecule has 4 heteroatoms. The third kappa shape index (κ3) is 10.2. The number of halogens is 1. The van der Waals surface area contributed by atoms with Crippen LogP contribution in [0, 0.1) is 0 Å². The smallest absolute Gasteiger partial charge is 0.302 e. The summed E-state index contributed by atoms with van der Waals surface area (Å²) in [6.07, 6.45) is 5.24. The molecule has 0 aromatic heterocycles. The summed E-state index contributed by atoms with van der Waals surface area (Å²) in [5.74, 6) is 0.734. The number of thiol groups is 1. The van der Waals surface area contributed by atoms with Crippen molar-refractivity contribution in [1.29, 1.82) is 0 Å². The second kappa shape index (κ2) is 4.21. The summed E-state index contributed by atoms with van der Waals surface area (Å²) in [6.45, 7) is 5.69. The van der Waals surface area contributed by atoms with Crippen LogP contribution in [-0.2, 0) is 9.53 Å². The Morgan fingerprint density at radius 2 is 1.92 bits per heavy atom. The zero-order chi connectivity index (χ0) is 10.7. The first-order chi connectivity index (χ1) is 5.56. The first-order valence-electron chi connectivity index (χ1n) is 4.08. The molecule has 0 saturated carbocycles. The van der Waals surface area contributed by atoms with Crippen molar-refractivity contribution in [2.24, 2.45) is 0 Å². The number of carbonyl (C=O) groups is 1. The van der Waals surface area contributed by atoms with Crippen LogP contribution in [0.3, 0.4) is 0 Å². The van der Waals surface area contributed by atoms with Crippen LogP contribution < -0.4 is 0 Å². The molecule has 0 radical (unpaired) electrons. The lowest BCUT2D eigenvalue weighted by Crippen LogP contribution is -2.14. The largest absolute Gasteiger partial charge is 0.461 e. The molecule has 0 heterocycles. The second-order valence-corrected chi connectivity index (χ2v) is 21.5. The highest BCUT2D eigenvalue weighted by molar-refractivity contribution is 14.2. The molecule has 0 atom stereocenters. The highest BCUT2D eigenvalue weighted by atomic mass is 127. The molecule has 0 unspecified atom stereocenters. The van der Waals surface area contributed by atoms with Gasteiger partial charge in [-0.3, -0.25) is 4.79 Å². The van der Waals surface area contributed by atoms with Crippen LogP contribution in [0.1, 0.15) is 6.92 Å². The normalized spacial score (nSPS) is 14.4. The monoisotopic (exact) mass is 318 g/mol. The Kier molecular flexibility index (Phi) is 4.30. The van der Waals surface area contributed by atoms with Gasteiger partial charge < -0.3 is 4.74 Å². The van der Waals surface area contributed by atoms with Crippen LogP contribution in [0.2, 0.25) is 0 Å². The van der Waals surface area contributed by atoms with E-state index >= 15 is 0 Å². The topological polar surface area (TPSA) is 26.3 Å². The van der Waals surface area contributed by atoms with Crippen molar-refractivity contribution in [3.8, 4) is 0 Å². The Morgan fingerprint density at radius 1 is 1.46 bits per heavy atom. The first kappa shape index (κ1) is 13.3. The molecule has 80 valence electrons. The Bertz CT molecular complexity index is 218. The molecule has 13 heavy (non-hydrogen) atoms. The van der Waals surface area contributed by atoms with Crippen LogP contribution in [0.5, 0.6) is 0 Å². The Morgan fingerprint density at radius 3 is 2.23 bits per heavy atom. The van der Waals surface area contributed by atoms with E-state index < -0.39 is 6.33 Å². The molecule has 0 aliphatic heterocycles. The van der Waals surface area contributed by atoms with E-state index in [-0.39, 0.29) is 5.97 Å². The molecule has 0 saturated heterocycles. The lowest BCUT2D eigenvalue weighted by Gasteiger charge is -2.45. The van der Waals surface area contributed by atoms with Gasteiger partial charge >= 0.3 is 5.97 Å². The van der Waals surface area contributed by atoms with Crippen LogP contribution in [0.15, 0.2) is 12.2 Å². The molecular formula is C9H19IO2S. The van der Waals surface area contributed by atoms with Gasteiger partial charge in [0.1, 0.15) is 6.61 Å². The predicted molar refractivity (Wildman–Crippen MR) is 71.4 cm³/mol. The van der Waals surface area contributed by atoms with Crippen molar-refractivity contribution in [3.63, 3.8) is 0 Å². The number of esters is 1. The molecular weight excluding hydrogens is 299 g/mol. The van der Waals surface area contributed by atoms with Gasteiger partial charge in [-0.15, -0.1) is 0 Å².